The molecule has 0 unspecified atom stereocenters. The highest BCUT2D eigenvalue weighted by Crippen LogP contribution is 2.27. The van der Waals surface area contributed by atoms with Crippen LogP contribution in [0.1, 0.15) is 25.3 Å². The first-order valence-corrected chi connectivity index (χ1v) is 5.44. The number of halogens is 1. The van der Waals surface area contributed by atoms with Gasteiger partial charge in [-0.2, -0.15) is 0 Å². The van der Waals surface area contributed by atoms with Crippen LogP contribution in [-0.2, 0) is 9.59 Å². The number of benzene rings is 1. The standard InChI is InChI=1S/C13H12FNO2/c1-2-10(8-4-3-5-9(14)6-8)11-7-12(16)15-13(11)17/h3-6H,2,7H2,1H3,(H,15,16,17)/b11-10+. The Bertz CT molecular complexity index is 520. The Kier molecular flexibility index (Phi) is 3.04. The van der Waals surface area contributed by atoms with Gasteiger partial charge in [0.1, 0.15) is 5.82 Å². The Hall–Kier alpha value is -1.97. The van der Waals surface area contributed by atoms with Crippen LogP contribution in [-0.4, -0.2) is 11.8 Å². The molecule has 0 bridgehead atoms. The molecule has 4 heteroatoms. The number of carbonyl (C=O) groups is 2. The van der Waals surface area contributed by atoms with Gasteiger partial charge in [0.25, 0.3) is 5.91 Å². The maximum atomic E-state index is 13.1. The smallest absolute Gasteiger partial charge is 0.254 e. The normalized spacial score (nSPS) is 18.2. The van der Waals surface area contributed by atoms with Gasteiger partial charge in [0.2, 0.25) is 5.91 Å². The summed E-state index contributed by atoms with van der Waals surface area (Å²) in [7, 11) is 0. The lowest BCUT2D eigenvalue weighted by molar-refractivity contribution is -0.124. The van der Waals surface area contributed by atoms with Crippen LogP contribution in [0.3, 0.4) is 0 Å². The van der Waals surface area contributed by atoms with Crippen LogP contribution in [0.25, 0.3) is 5.57 Å². The van der Waals surface area contributed by atoms with Crippen LogP contribution < -0.4 is 5.32 Å². The first-order valence-electron chi connectivity index (χ1n) is 5.44. The van der Waals surface area contributed by atoms with Gasteiger partial charge in [-0.3, -0.25) is 14.9 Å². The number of hydrogen-bond acceptors (Lipinski definition) is 2. The van der Waals surface area contributed by atoms with Crippen molar-refractivity contribution in [2.24, 2.45) is 0 Å². The Morgan fingerprint density at radius 1 is 1.41 bits per heavy atom. The third-order valence-corrected chi connectivity index (χ3v) is 2.76. The van der Waals surface area contributed by atoms with E-state index in [-0.39, 0.29) is 24.1 Å². The van der Waals surface area contributed by atoms with Crippen LogP contribution in [0, 0.1) is 5.82 Å². The minimum Gasteiger partial charge on any atom is -0.292 e. The summed E-state index contributed by atoms with van der Waals surface area (Å²) in [5.41, 5.74) is 1.84. The average molecular weight is 233 g/mol. The van der Waals surface area contributed by atoms with Crippen molar-refractivity contribution < 1.29 is 14.0 Å². The molecule has 1 fully saturated rings. The SMILES string of the molecule is CC/C(=C1/CC(=O)NC1=O)c1cccc(F)c1. The molecule has 0 radical (unpaired) electrons. The molecule has 0 aliphatic carbocycles. The minimum atomic E-state index is -0.365. The Labute approximate surface area is 98.3 Å². The van der Waals surface area contributed by atoms with Crippen LogP contribution in [0.15, 0.2) is 29.8 Å². The van der Waals surface area contributed by atoms with E-state index in [1.807, 2.05) is 6.92 Å². The lowest BCUT2D eigenvalue weighted by Crippen LogP contribution is -2.19. The van der Waals surface area contributed by atoms with Crippen molar-refractivity contribution in [2.75, 3.05) is 0 Å². The Balaban J connectivity index is 2.50. The molecule has 1 aromatic rings. The summed E-state index contributed by atoms with van der Waals surface area (Å²) < 4.78 is 13.1. The number of amides is 2. The van der Waals surface area contributed by atoms with Gasteiger partial charge < -0.3 is 0 Å². The van der Waals surface area contributed by atoms with E-state index in [0.717, 1.165) is 5.57 Å². The third kappa shape index (κ3) is 2.25. The van der Waals surface area contributed by atoms with Gasteiger partial charge in [-0.25, -0.2) is 4.39 Å². The molecular weight excluding hydrogens is 221 g/mol. The first kappa shape index (κ1) is 11.5. The molecule has 17 heavy (non-hydrogen) atoms. The second-order valence-corrected chi connectivity index (χ2v) is 3.88. The minimum absolute atomic E-state index is 0.0819. The number of rotatable bonds is 2. The van der Waals surface area contributed by atoms with Gasteiger partial charge in [-0.15, -0.1) is 0 Å². The highest BCUT2D eigenvalue weighted by atomic mass is 19.1. The highest BCUT2D eigenvalue weighted by molar-refractivity contribution is 6.17. The number of nitrogens with one attached hydrogen (secondary N) is 1. The van der Waals surface area contributed by atoms with Crippen molar-refractivity contribution in [3.8, 4) is 0 Å². The van der Waals surface area contributed by atoms with Crippen molar-refractivity contribution in [1.82, 2.24) is 5.32 Å². The van der Waals surface area contributed by atoms with Crippen molar-refractivity contribution in [1.29, 1.82) is 0 Å². The van der Waals surface area contributed by atoms with Crippen molar-refractivity contribution in [3.63, 3.8) is 0 Å². The van der Waals surface area contributed by atoms with Gasteiger partial charge in [0.05, 0.1) is 6.42 Å². The van der Waals surface area contributed by atoms with Gasteiger partial charge in [0.15, 0.2) is 0 Å². The zero-order valence-corrected chi connectivity index (χ0v) is 9.42. The van der Waals surface area contributed by atoms with Crippen LogP contribution >= 0.6 is 0 Å². The summed E-state index contributed by atoms with van der Waals surface area (Å²) in [5.74, 6) is -1.01. The molecule has 0 aromatic heterocycles. The molecule has 1 N–H and O–H groups in total. The van der Waals surface area contributed by atoms with Crippen LogP contribution in [0.2, 0.25) is 0 Å². The fourth-order valence-corrected chi connectivity index (χ4v) is 2.00. The Morgan fingerprint density at radius 3 is 2.71 bits per heavy atom. The summed E-state index contributed by atoms with van der Waals surface area (Å²) in [6, 6.07) is 6.06. The maximum absolute atomic E-state index is 13.1. The maximum Gasteiger partial charge on any atom is 0.254 e. The molecular formula is C13H12FNO2. The molecule has 3 nitrogen and oxygen atoms in total. The largest absolute Gasteiger partial charge is 0.292 e. The van der Waals surface area contributed by atoms with E-state index < -0.39 is 0 Å². The molecule has 1 heterocycles. The number of allylic oxidation sites excluding steroid dienone is 1. The van der Waals surface area contributed by atoms with Crippen molar-refractivity contribution in [2.45, 2.75) is 19.8 Å². The highest BCUT2D eigenvalue weighted by Gasteiger charge is 2.27. The molecule has 0 saturated carbocycles. The lowest BCUT2D eigenvalue weighted by atomic mass is 9.96. The molecule has 0 atom stereocenters. The lowest BCUT2D eigenvalue weighted by Gasteiger charge is -2.07. The van der Waals surface area contributed by atoms with Gasteiger partial charge in [-0.05, 0) is 29.7 Å². The molecule has 2 rings (SSSR count). The second kappa shape index (κ2) is 4.49. The van der Waals surface area contributed by atoms with E-state index in [2.05, 4.69) is 5.32 Å². The van der Waals surface area contributed by atoms with E-state index in [9.17, 15) is 14.0 Å². The first-order chi connectivity index (χ1) is 8.11. The van der Waals surface area contributed by atoms with E-state index in [1.54, 1.807) is 12.1 Å². The molecule has 88 valence electrons. The monoisotopic (exact) mass is 233 g/mol. The average Bonchev–Trinajstić information content (AvgIpc) is 2.59. The molecule has 1 aliphatic rings. The van der Waals surface area contributed by atoms with Gasteiger partial charge >= 0.3 is 0 Å². The van der Waals surface area contributed by atoms with E-state index in [0.29, 0.717) is 17.6 Å². The van der Waals surface area contributed by atoms with E-state index >= 15 is 0 Å². The number of carbonyl (C=O) groups excluding carboxylic acids is 2. The van der Waals surface area contributed by atoms with Gasteiger partial charge in [-0.1, -0.05) is 19.1 Å². The molecule has 1 aliphatic heterocycles. The number of hydrogen-bond donors (Lipinski definition) is 1. The topological polar surface area (TPSA) is 46.2 Å². The van der Waals surface area contributed by atoms with Crippen molar-refractivity contribution in [3.05, 3.63) is 41.2 Å². The summed E-state index contributed by atoms with van der Waals surface area (Å²) in [4.78, 5) is 22.7. The van der Waals surface area contributed by atoms with Crippen LogP contribution in [0.4, 0.5) is 4.39 Å². The molecule has 1 saturated heterocycles. The summed E-state index contributed by atoms with van der Waals surface area (Å²) in [5, 5.41) is 2.24. The fourth-order valence-electron chi connectivity index (χ4n) is 2.00. The fraction of sp³-hybridized carbons (Fsp3) is 0.231. The van der Waals surface area contributed by atoms with Crippen LogP contribution in [0.5, 0.6) is 0 Å². The predicted octanol–water partition coefficient (Wildman–Crippen LogP) is 2.04. The summed E-state index contributed by atoms with van der Waals surface area (Å²) >= 11 is 0. The quantitative estimate of drug-likeness (QED) is 0.627. The number of imide groups is 1. The summed E-state index contributed by atoms with van der Waals surface area (Å²) in [6.45, 7) is 1.88. The predicted molar refractivity (Wildman–Crippen MR) is 61.4 cm³/mol. The zero-order valence-electron chi connectivity index (χ0n) is 9.42. The van der Waals surface area contributed by atoms with Gasteiger partial charge in [0, 0.05) is 5.57 Å². The van der Waals surface area contributed by atoms with E-state index in [4.69, 9.17) is 0 Å². The molecule has 1 aromatic carbocycles. The molecule has 2 amide bonds. The van der Waals surface area contributed by atoms with Crippen molar-refractivity contribution >= 4 is 17.4 Å². The zero-order chi connectivity index (χ0) is 12.4. The Morgan fingerprint density at radius 2 is 2.18 bits per heavy atom. The van der Waals surface area contributed by atoms with E-state index in [1.165, 1.54) is 12.1 Å². The second-order valence-electron chi connectivity index (χ2n) is 3.88. The molecule has 0 spiro atoms. The summed E-state index contributed by atoms with van der Waals surface area (Å²) in [6.07, 6.45) is 0.665. The third-order valence-electron chi connectivity index (χ3n) is 2.76.